The van der Waals surface area contributed by atoms with E-state index < -0.39 is 21.8 Å². The van der Waals surface area contributed by atoms with Gasteiger partial charge in [0.25, 0.3) is 10.1 Å². The Balaban J connectivity index is 3.24. The van der Waals surface area contributed by atoms with Gasteiger partial charge in [-0.2, -0.15) is 8.42 Å². The van der Waals surface area contributed by atoms with Crippen molar-refractivity contribution < 1.29 is 22.5 Å². The molecule has 27 heavy (non-hydrogen) atoms. The molecular weight excluding hydrogens is 364 g/mol. The number of allylic oxidation sites excluding steroid dienone is 2. The lowest BCUT2D eigenvalue weighted by molar-refractivity contribution is -0.143. The van der Waals surface area contributed by atoms with Gasteiger partial charge in [0.05, 0.1) is 18.8 Å². The van der Waals surface area contributed by atoms with Crippen LogP contribution < -0.4 is 0 Å². The molecule has 0 fully saturated rings. The van der Waals surface area contributed by atoms with Gasteiger partial charge in [0, 0.05) is 0 Å². The molecule has 0 heterocycles. The second-order valence-corrected chi connectivity index (χ2v) is 8.77. The predicted molar refractivity (Wildman–Crippen MR) is 111 cm³/mol. The van der Waals surface area contributed by atoms with Gasteiger partial charge < -0.3 is 4.74 Å². The molecule has 0 bridgehead atoms. The van der Waals surface area contributed by atoms with Crippen LogP contribution in [0.25, 0.3) is 0 Å². The van der Waals surface area contributed by atoms with Crippen molar-refractivity contribution in [1.82, 2.24) is 0 Å². The summed E-state index contributed by atoms with van der Waals surface area (Å²) in [5.41, 5.74) is 0. The maximum absolute atomic E-state index is 11.2. The molecule has 6 heteroatoms. The fraction of sp³-hybridized carbons (Fsp3) is 0.857. The van der Waals surface area contributed by atoms with Crippen molar-refractivity contribution in [3.05, 3.63) is 12.2 Å². The van der Waals surface area contributed by atoms with Crippen molar-refractivity contribution in [2.24, 2.45) is 0 Å². The highest BCUT2D eigenvalue weighted by Crippen LogP contribution is 2.10. The van der Waals surface area contributed by atoms with Crippen molar-refractivity contribution in [1.29, 1.82) is 0 Å². The maximum atomic E-state index is 11.2. The zero-order valence-electron chi connectivity index (χ0n) is 17.2. The van der Waals surface area contributed by atoms with Crippen LogP contribution in [0.3, 0.4) is 0 Å². The van der Waals surface area contributed by atoms with E-state index in [2.05, 4.69) is 19.1 Å². The smallest absolute Gasteiger partial charge is 0.306 e. The molecule has 0 radical (unpaired) electrons. The van der Waals surface area contributed by atoms with E-state index in [0.29, 0.717) is 6.61 Å². The summed E-state index contributed by atoms with van der Waals surface area (Å²) >= 11 is 0. The number of carbonyl (C=O) groups is 1. The molecule has 0 aromatic carbocycles. The first kappa shape index (κ1) is 26.1. The normalized spacial score (nSPS) is 11.9. The van der Waals surface area contributed by atoms with E-state index in [1.165, 1.54) is 70.6 Å². The first-order valence-corrected chi connectivity index (χ1v) is 12.3. The largest absolute Gasteiger partial charge is 0.466 e. The highest BCUT2D eigenvalue weighted by molar-refractivity contribution is 7.85. The van der Waals surface area contributed by atoms with E-state index in [-0.39, 0.29) is 6.42 Å². The lowest BCUT2D eigenvalue weighted by atomic mass is 10.1. The Morgan fingerprint density at radius 3 is 1.81 bits per heavy atom. The third-order valence-electron chi connectivity index (χ3n) is 4.48. The summed E-state index contributed by atoms with van der Waals surface area (Å²) in [7, 11) is -4.09. The molecule has 0 aromatic heterocycles. The molecule has 0 amide bonds. The van der Waals surface area contributed by atoms with E-state index in [1.54, 1.807) is 0 Å². The minimum Gasteiger partial charge on any atom is -0.466 e. The van der Waals surface area contributed by atoms with Gasteiger partial charge in [-0.15, -0.1) is 0 Å². The summed E-state index contributed by atoms with van der Waals surface area (Å²) in [4.78, 5) is 11.2. The van der Waals surface area contributed by atoms with Crippen LogP contribution in [-0.4, -0.2) is 31.3 Å². The van der Waals surface area contributed by atoms with E-state index >= 15 is 0 Å². The molecule has 0 aliphatic carbocycles. The van der Waals surface area contributed by atoms with E-state index in [4.69, 9.17) is 9.29 Å². The van der Waals surface area contributed by atoms with Crippen LogP contribution in [0.4, 0.5) is 0 Å². The third-order valence-corrected chi connectivity index (χ3v) is 5.20. The highest BCUT2D eigenvalue weighted by atomic mass is 32.2. The number of esters is 1. The second kappa shape index (κ2) is 18.5. The SMILES string of the molecule is CCCCCCCCC=CCCCCCCCCOC(=O)CCS(=O)(=O)O. The quantitative estimate of drug-likeness (QED) is 0.126. The lowest BCUT2D eigenvalue weighted by Gasteiger charge is -2.04. The van der Waals surface area contributed by atoms with E-state index in [0.717, 1.165) is 19.3 Å². The van der Waals surface area contributed by atoms with Crippen molar-refractivity contribution in [2.75, 3.05) is 12.4 Å². The average molecular weight is 405 g/mol. The van der Waals surface area contributed by atoms with Gasteiger partial charge in [-0.3, -0.25) is 9.35 Å². The Morgan fingerprint density at radius 1 is 0.815 bits per heavy atom. The molecule has 0 aromatic rings. The monoisotopic (exact) mass is 404 g/mol. The molecule has 0 aliphatic heterocycles. The zero-order chi connectivity index (χ0) is 20.2. The number of rotatable bonds is 19. The van der Waals surface area contributed by atoms with Gasteiger partial charge in [-0.1, -0.05) is 76.9 Å². The molecule has 0 saturated carbocycles. The van der Waals surface area contributed by atoms with Gasteiger partial charge in [-0.25, -0.2) is 0 Å². The summed E-state index contributed by atoms with van der Waals surface area (Å²) < 4.78 is 34.5. The predicted octanol–water partition coefficient (Wildman–Crippen LogP) is 5.85. The second-order valence-electron chi connectivity index (χ2n) is 7.19. The minimum atomic E-state index is -4.09. The standard InChI is InChI=1S/C21H40O5S/c1-2-3-4-5-6-7-8-9-10-11-12-13-14-15-16-17-19-26-21(22)18-20-27(23,24)25/h9-10H,2-8,11-20H2,1H3,(H,23,24,25). The maximum Gasteiger partial charge on any atom is 0.306 e. The Bertz CT molecular complexity index is 471. The van der Waals surface area contributed by atoms with Crippen LogP contribution in [0, 0.1) is 0 Å². The third kappa shape index (κ3) is 23.1. The Kier molecular flexibility index (Phi) is 17.9. The summed E-state index contributed by atoms with van der Waals surface area (Å²) in [6.07, 6.45) is 21.5. The van der Waals surface area contributed by atoms with E-state index in [1.807, 2.05) is 0 Å². The van der Waals surface area contributed by atoms with Crippen LogP contribution in [0.2, 0.25) is 0 Å². The van der Waals surface area contributed by atoms with Gasteiger partial charge in [-0.05, 0) is 32.1 Å². The van der Waals surface area contributed by atoms with Gasteiger partial charge in [0.2, 0.25) is 0 Å². The molecule has 160 valence electrons. The van der Waals surface area contributed by atoms with Crippen LogP contribution >= 0.6 is 0 Å². The highest BCUT2D eigenvalue weighted by Gasteiger charge is 2.10. The molecule has 0 saturated heterocycles. The summed E-state index contributed by atoms with van der Waals surface area (Å²) in [6, 6.07) is 0. The number of ether oxygens (including phenoxy) is 1. The Hall–Kier alpha value is -0.880. The van der Waals surface area contributed by atoms with Crippen molar-refractivity contribution >= 4 is 16.1 Å². The average Bonchev–Trinajstić information content (AvgIpc) is 2.62. The lowest BCUT2D eigenvalue weighted by Crippen LogP contribution is -2.12. The summed E-state index contributed by atoms with van der Waals surface area (Å²) in [6.45, 7) is 2.57. The summed E-state index contributed by atoms with van der Waals surface area (Å²) in [5, 5.41) is 0. The molecule has 0 aliphatic rings. The van der Waals surface area contributed by atoms with E-state index in [9.17, 15) is 13.2 Å². The van der Waals surface area contributed by atoms with Crippen molar-refractivity contribution in [3.8, 4) is 0 Å². The molecule has 0 atom stereocenters. The topological polar surface area (TPSA) is 80.7 Å². The zero-order valence-corrected chi connectivity index (χ0v) is 18.0. The van der Waals surface area contributed by atoms with Crippen LogP contribution in [0.1, 0.15) is 103 Å². The molecule has 1 N–H and O–H groups in total. The van der Waals surface area contributed by atoms with Crippen molar-refractivity contribution in [3.63, 3.8) is 0 Å². The molecule has 0 rings (SSSR count). The number of hydrogen-bond donors (Lipinski definition) is 1. The molecule has 5 nitrogen and oxygen atoms in total. The van der Waals surface area contributed by atoms with Gasteiger partial charge in [0.1, 0.15) is 0 Å². The Labute approximate surface area is 166 Å². The Morgan fingerprint density at radius 2 is 1.30 bits per heavy atom. The minimum absolute atomic E-state index is 0.286. The summed E-state index contributed by atoms with van der Waals surface area (Å²) in [5.74, 6) is -1.14. The van der Waals surface area contributed by atoms with Crippen LogP contribution in [0.15, 0.2) is 12.2 Å². The fourth-order valence-corrected chi connectivity index (χ4v) is 3.24. The molecule has 0 unspecified atom stereocenters. The van der Waals surface area contributed by atoms with Gasteiger partial charge in [0.15, 0.2) is 0 Å². The fourth-order valence-electron chi connectivity index (χ4n) is 2.82. The number of hydrogen-bond acceptors (Lipinski definition) is 4. The first-order valence-electron chi connectivity index (χ1n) is 10.7. The number of carbonyl (C=O) groups excluding carboxylic acids is 1. The van der Waals surface area contributed by atoms with Crippen LogP contribution in [-0.2, 0) is 19.6 Å². The number of unbranched alkanes of at least 4 members (excludes halogenated alkanes) is 12. The molecule has 0 spiro atoms. The van der Waals surface area contributed by atoms with Crippen LogP contribution in [0.5, 0.6) is 0 Å². The molecular formula is C21H40O5S. The van der Waals surface area contributed by atoms with Gasteiger partial charge >= 0.3 is 5.97 Å². The first-order chi connectivity index (χ1) is 13.0. The van der Waals surface area contributed by atoms with Crippen molar-refractivity contribution in [2.45, 2.75) is 103 Å².